The van der Waals surface area contributed by atoms with Crippen molar-refractivity contribution >= 4 is 17.7 Å². The highest BCUT2D eigenvalue weighted by molar-refractivity contribution is 5.90. The van der Waals surface area contributed by atoms with Crippen molar-refractivity contribution in [2.45, 2.75) is 19.4 Å². The van der Waals surface area contributed by atoms with Crippen molar-refractivity contribution in [3.63, 3.8) is 0 Å². The molecule has 0 saturated carbocycles. The highest BCUT2D eigenvalue weighted by atomic mass is 16.5. The quantitative estimate of drug-likeness (QED) is 0.670. The minimum absolute atomic E-state index is 0.0482. The van der Waals surface area contributed by atoms with Crippen LogP contribution in [0.1, 0.15) is 24.9 Å². The van der Waals surface area contributed by atoms with Crippen molar-refractivity contribution in [1.82, 2.24) is 15.5 Å². The molecule has 2 rings (SSSR count). The Bertz CT molecular complexity index is 606. The molecular weight excluding hydrogens is 322 g/mol. The number of likely N-dealkylation sites (tertiary alicyclic amines) is 1. The number of ether oxygens (including phenoxy) is 1. The molecule has 1 aliphatic rings. The molecule has 2 N–H and O–H groups in total. The maximum atomic E-state index is 12.6. The maximum absolute atomic E-state index is 12.6. The molecule has 1 saturated heterocycles. The van der Waals surface area contributed by atoms with Crippen molar-refractivity contribution in [3.05, 3.63) is 35.9 Å². The molecule has 7 nitrogen and oxygen atoms in total. The number of rotatable bonds is 8. The molecule has 0 spiro atoms. The van der Waals surface area contributed by atoms with Crippen molar-refractivity contribution < 1.29 is 19.1 Å². The Balaban J connectivity index is 2.10. The number of carbonyl (C=O) groups is 3. The molecule has 136 valence electrons. The van der Waals surface area contributed by atoms with Crippen LogP contribution in [-0.2, 0) is 19.1 Å². The minimum Gasteiger partial charge on any atom is -0.383 e. The van der Waals surface area contributed by atoms with E-state index in [1.54, 1.807) is 12.0 Å². The van der Waals surface area contributed by atoms with Crippen molar-refractivity contribution in [2.24, 2.45) is 5.92 Å². The summed E-state index contributed by atoms with van der Waals surface area (Å²) in [7, 11) is 1.59. The van der Waals surface area contributed by atoms with E-state index in [1.165, 1.54) is 6.92 Å². The van der Waals surface area contributed by atoms with E-state index in [9.17, 15) is 14.4 Å². The van der Waals surface area contributed by atoms with Gasteiger partial charge >= 0.3 is 0 Å². The summed E-state index contributed by atoms with van der Waals surface area (Å²) in [5.74, 6) is -0.817. The van der Waals surface area contributed by atoms with E-state index in [1.807, 2.05) is 30.3 Å². The number of amides is 3. The average molecular weight is 347 g/mol. The van der Waals surface area contributed by atoms with Gasteiger partial charge in [-0.15, -0.1) is 0 Å². The van der Waals surface area contributed by atoms with E-state index >= 15 is 0 Å². The van der Waals surface area contributed by atoms with Crippen LogP contribution in [0.4, 0.5) is 0 Å². The lowest BCUT2D eigenvalue weighted by Gasteiger charge is -2.28. The first-order valence-electron chi connectivity index (χ1n) is 8.40. The third kappa shape index (κ3) is 5.03. The molecule has 0 radical (unpaired) electrons. The van der Waals surface area contributed by atoms with Crippen LogP contribution in [0.15, 0.2) is 30.3 Å². The van der Waals surface area contributed by atoms with Gasteiger partial charge in [-0.2, -0.15) is 0 Å². The molecule has 1 aromatic rings. The Hall–Kier alpha value is -2.41. The van der Waals surface area contributed by atoms with Crippen LogP contribution in [0.3, 0.4) is 0 Å². The number of hydrogen-bond acceptors (Lipinski definition) is 4. The average Bonchev–Trinajstić information content (AvgIpc) is 2.93. The number of nitrogens with one attached hydrogen (secondary N) is 2. The summed E-state index contributed by atoms with van der Waals surface area (Å²) in [6, 6.07) is 9.27. The molecule has 0 bridgehead atoms. The smallest absolute Gasteiger partial charge is 0.226 e. The van der Waals surface area contributed by atoms with Crippen LogP contribution in [0.5, 0.6) is 0 Å². The Kier molecular flexibility index (Phi) is 6.94. The number of hydrogen-bond donors (Lipinski definition) is 2. The fourth-order valence-electron chi connectivity index (χ4n) is 3.10. The van der Waals surface area contributed by atoms with Gasteiger partial charge in [0.15, 0.2) is 0 Å². The summed E-state index contributed by atoms with van der Waals surface area (Å²) < 4.78 is 5.10. The third-order valence-electron chi connectivity index (χ3n) is 4.24. The topological polar surface area (TPSA) is 87.7 Å². The van der Waals surface area contributed by atoms with Crippen molar-refractivity contribution in [1.29, 1.82) is 0 Å². The molecule has 2 atom stereocenters. The standard InChI is InChI=1S/C18H25N3O4/c1-13(22)19-8-9-20-18(24)15-12-16(23)21(10-11-25-2)17(15)14-6-4-3-5-7-14/h3-7,15,17H,8-12H2,1-2H3,(H,19,22)(H,20,24)/t15-,17+/m1/s1. The number of nitrogens with zero attached hydrogens (tertiary/aromatic N) is 1. The van der Waals surface area contributed by atoms with Gasteiger partial charge in [-0.25, -0.2) is 0 Å². The third-order valence-corrected chi connectivity index (χ3v) is 4.24. The Morgan fingerprint density at radius 3 is 2.52 bits per heavy atom. The summed E-state index contributed by atoms with van der Waals surface area (Å²) in [6.45, 7) is 3.00. The summed E-state index contributed by atoms with van der Waals surface area (Å²) in [4.78, 5) is 37.6. The lowest BCUT2D eigenvalue weighted by molar-refractivity contribution is -0.129. The van der Waals surface area contributed by atoms with E-state index < -0.39 is 5.92 Å². The molecule has 1 aliphatic heterocycles. The number of carbonyl (C=O) groups excluding carboxylic acids is 3. The van der Waals surface area contributed by atoms with Gasteiger partial charge in [-0.3, -0.25) is 14.4 Å². The van der Waals surface area contributed by atoms with Gasteiger partial charge in [0, 0.05) is 40.1 Å². The summed E-state index contributed by atoms with van der Waals surface area (Å²) in [6.07, 6.45) is 0.176. The molecule has 1 aromatic carbocycles. The van der Waals surface area contributed by atoms with Gasteiger partial charge in [0.1, 0.15) is 0 Å². The molecule has 7 heteroatoms. The Morgan fingerprint density at radius 2 is 1.88 bits per heavy atom. The van der Waals surface area contributed by atoms with Crippen LogP contribution < -0.4 is 10.6 Å². The van der Waals surface area contributed by atoms with Gasteiger partial charge in [-0.05, 0) is 5.56 Å². The maximum Gasteiger partial charge on any atom is 0.226 e. The molecule has 0 aliphatic carbocycles. The molecule has 3 amide bonds. The van der Waals surface area contributed by atoms with Crippen molar-refractivity contribution in [3.8, 4) is 0 Å². The van der Waals surface area contributed by atoms with E-state index in [4.69, 9.17) is 4.74 Å². The molecule has 1 heterocycles. The zero-order valence-electron chi connectivity index (χ0n) is 14.7. The molecular formula is C18H25N3O4. The van der Waals surface area contributed by atoms with Gasteiger partial charge in [0.05, 0.1) is 18.6 Å². The zero-order valence-corrected chi connectivity index (χ0v) is 14.7. The van der Waals surface area contributed by atoms with E-state index in [-0.39, 0.29) is 30.2 Å². The SMILES string of the molecule is COCCN1C(=O)C[C@@H](C(=O)NCCNC(C)=O)[C@@H]1c1ccccc1. The van der Waals surface area contributed by atoms with Crippen LogP contribution in [0, 0.1) is 5.92 Å². The minimum atomic E-state index is -0.455. The summed E-state index contributed by atoms with van der Waals surface area (Å²) >= 11 is 0. The monoisotopic (exact) mass is 347 g/mol. The number of benzene rings is 1. The van der Waals surface area contributed by atoms with E-state index in [0.29, 0.717) is 26.2 Å². The second kappa shape index (κ2) is 9.17. The second-order valence-corrected chi connectivity index (χ2v) is 6.02. The fourth-order valence-corrected chi connectivity index (χ4v) is 3.10. The summed E-state index contributed by atoms with van der Waals surface area (Å²) in [5.41, 5.74) is 0.937. The second-order valence-electron chi connectivity index (χ2n) is 6.02. The first-order valence-corrected chi connectivity index (χ1v) is 8.40. The van der Waals surface area contributed by atoms with Crippen LogP contribution in [0.2, 0.25) is 0 Å². The van der Waals surface area contributed by atoms with Gasteiger partial charge < -0.3 is 20.3 Å². The highest BCUT2D eigenvalue weighted by Gasteiger charge is 2.44. The van der Waals surface area contributed by atoms with Crippen LogP contribution in [-0.4, -0.2) is 56.0 Å². The van der Waals surface area contributed by atoms with Crippen LogP contribution in [0.25, 0.3) is 0 Å². The Labute approximate surface area is 147 Å². The van der Waals surface area contributed by atoms with Crippen molar-refractivity contribution in [2.75, 3.05) is 33.4 Å². The molecule has 0 unspecified atom stereocenters. The molecule has 1 fully saturated rings. The molecule has 0 aromatic heterocycles. The van der Waals surface area contributed by atoms with E-state index in [2.05, 4.69) is 10.6 Å². The van der Waals surface area contributed by atoms with E-state index in [0.717, 1.165) is 5.56 Å². The fraction of sp³-hybridized carbons (Fsp3) is 0.500. The predicted octanol–water partition coefficient (Wildman–Crippen LogP) is 0.475. The Morgan fingerprint density at radius 1 is 1.20 bits per heavy atom. The zero-order chi connectivity index (χ0) is 18.2. The first kappa shape index (κ1) is 18.9. The normalized spacial score (nSPS) is 19.8. The predicted molar refractivity (Wildman–Crippen MR) is 92.6 cm³/mol. The van der Waals surface area contributed by atoms with Crippen LogP contribution >= 0.6 is 0 Å². The lowest BCUT2D eigenvalue weighted by Crippen LogP contribution is -2.39. The lowest BCUT2D eigenvalue weighted by atomic mass is 9.93. The van der Waals surface area contributed by atoms with Gasteiger partial charge in [-0.1, -0.05) is 30.3 Å². The first-order chi connectivity index (χ1) is 12.0. The molecule has 25 heavy (non-hydrogen) atoms. The number of methoxy groups -OCH3 is 1. The van der Waals surface area contributed by atoms with Gasteiger partial charge in [0.25, 0.3) is 0 Å². The van der Waals surface area contributed by atoms with Gasteiger partial charge in [0.2, 0.25) is 17.7 Å². The highest BCUT2D eigenvalue weighted by Crippen LogP contribution is 2.37. The summed E-state index contributed by atoms with van der Waals surface area (Å²) in [5, 5.41) is 5.45. The largest absolute Gasteiger partial charge is 0.383 e.